The van der Waals surface area contributed by atoms with Crippen LogP contribution in [0.25, 0.3) is 33.4 Å². The number of rotatable bonds is 6. The molecule has 3 aromatic heterocycles. The van der Waals surface area contributed by atoms with Crippen molar-refractivity contribution in [2.24, 2.45) is 0 Å². The number of hydrogen-bond acceptors (Lipinski definition) is 3. The molecule has 0 fully saturated rings. The van der Waals surface area contributed by atoms with Crippen LogP contribution in [0.5, 0.6) is 0 Å². The molecule has 0 amide bonds. The number of nitrogens with zero attached hydrogens (tertiary/aromatic N) is 3. The fraction of sp³-hybridized carbons (Fsp3) is 0.214. The van der Waals surface area contributed by atoms with Crippen molar-refractivity contribution in [3.63, 3.8) is 0 Å². The van der Waals surface area contributed by atoms with E-state index < -0.39 is 0 Å². The van der Waals surface area contributed by atoms with Crippen LogP contribution in [0.2, 0.25) is 0 Å². The van der Waals surface area contributed by atoms with Crippen LogP contribution < -0.4 is 16.4 Å². The van der Waals surface area contributed by atoms with Crippen molar-refractivity contribution in [3.8, 4) is 33.4 Å². The molecule has 4 heteroatoms. The molecule has 0 aliphatic heterocycles. The van der Waals surface area contributed by atoms with Crippen LogP contribution in [0.1, 0.15) is 50.1 Å². The van der Waals surface area contributed by atoms with E-state index in [0.29, 0.717) is 0 Å². The van der Waals surface area contributed by atoms with E-state index in [2.05, 4.69) is 114 Å². The highest BCUT2D eigenvalue weighted by Gasteiger charge is 2.32. The fourth-order valence-corrected chi connectivity index (χ4v) is 7.45. The molecule has 3 heterocycles. The molecule has 0 unspecified atom stereocenters. The van der Waals surface area contributed by atoms with E-state index in [0.717, 1.165) is 16.7 Å². The SMILES string of the molecule is Cc1cc(B(c2cc(C)c(C)c(-c3cccnc3)c2C)c2cc(C)c(C)c(-c3cccnc3)c2C)c(C)c(-c2cccnc2)c1C. The van der Waals surface area contributed by atoms with E-state index in [4.69, 9.17) is 0 Å². The van der Waals surface area contributed by atoms with Crippen molar-refractivity contribution < 1.29 is 0 Å². The number of benzene rings is 3. The average Bonchev–Trinajstić information content (AvgIpc) is 3.06. The molecule has 0 saturated heterocycles. The first-order valence-electron chi connectivity index (χ1n) is 16.1. The summed E-state index contributed by atoms with van der Waals surface area (Å²) in [6.07, 6.45) is 11.5. The van der Waals surface area contributed by atoms with Gasteiger partial charge in [0.05, 0.1) is 0 Å². The van der Waals surface area contributed by atoms with Gasteiger partial charge in [0.2, 0.25) is 6.71 Å². The monoisotopic (exact) mass is 599 g/mol. The summed E-state index contributed by atoms with van der Waals surface area (Å²) in [5.74, 6) is 0. The quantitative estimate of drug-likeness (QED) is 0.181. The number of hydrogen-bond donors (Lipinski definition) is 0. The predicted octanol–water partition coefficient (Wildman–Crippen LogP) is 8.16. The molecule has 46 heavy (non-hydrogen) atoms. The third-order valence-electron chi connectivity index (χ3n) is 10.2. The molecule has 228 valence electrons. The van der Waals surface area contributed by atoms with E-state index in [1.165, 1.54) is 83.1 Å². The van der Waals surface area contributed by atoms with Gasteiger partial charge in [0.1, 0.15) is 0 Å². The van der Waals surface area contributed by atoms with Crippen LogP contribution in [0, 0.1) is 62.3 Å². The Morgan fingerprint density at radius 2 is 0.674 bits per heavy atom. The molecule has 6 aromatic rings. The van der Waals surface area contributed by atoms with E-state index in [1.54, 1.807) is 0 Å². The van der Waals surface area contributed by atoms with Crippen molar-refractivity contribution in [3.05, 3.63) is 142 Å². The first-order chi connectivity index (χ1) is 22.1. The molecule has 0 atom stereocenters. The molecule has 0 spiro atoms. The lowest BCUT2D eigenvalue weighted by Gasteiger charge is -2.29. The van der Waals surface area contributed by atoms with Crippen molar-refractivity contribution in [2.45, 2.75) is 62.3 Å². The summed E-state index contributed by atoms with van der Waals surface area (Å²) >= 11 is 0. The molecule has 0 N–H and O–H groups in total. The van der Waals surface area contributed by atoms with Crippen LogP contribution >= 0.6 is 0 Å². The maximum absolute atomic E-state index is 4.51. The first-order valence-corrected chi connectivity index (χ1v) is 16.1. The van der Waals surface area contributed by atoms with Gasteiger partial charge in [-0.1, -0.05) is 52.8 Å². The standard InChI is InChI=1S/C42H42BN3/c1-25-19-37(31(7)40(28(25)4)34-13-10-16-44-22-34)43(38-20-26(2)29(5)41(32(38)8)35-14-11-17-45-23-35)39-21-27(3)30(6)42(33(39)9)36-15-12-18-46-24-36/h10-24H,1-9H3. The molecule has 0 aliphatic carbocycles. The van der Waals surface area contributed by atoms with Gasteiger partial charge in [-0.15, -0.1) is 0 Å². The van der Waals surface area contributed by atoms with Crippen molar-refractivity contribution in [1.29, 1.82) is 0 Å². The summed E-state index contributed by atoms with van der Waals surface area (Å²) in [5, 5.41) is 0. The normalized spacial score (nSPS) is 11.2. The molecule has 3 nitrogen and oxygen atoms in total. The Morgan fingerprint density at radius 1 is 0.391 bits per heavy atom. The third kappa shape index (κ3) is 5.36. The van der Waals surface area contributed by atoms with Gasteiger partial charge < -0.3 is 0 Å². The lowest BCUT2D eigenvalue weighted by atomic mass is 9.34. The second-order valence-electron chi connectivity index (χ2n) is 12.9. The van der Waals surface area contributed by atoms with Crippen molar-refractivity contribution in [2.75, 3.05) is 0 Å². The number of aromatic nitrogens is 3. The maximum atomic E-state index is 4.51. The van der Waals surface area contributed by atoms with Crippen molar-refractivity contribution in [1.82, 2.24) is 15.0 Å². The van der Waals surface area contributed by atoms with Crippen LogP contribution in [0.15, 0.2) is 91.8 Å². The van der Waals surface area contributed by atoms with Gasteiger partial charge in [0, 0.05) is 53.9 Å². The molecular weight excluding hydrogens is 557 g/mol. The molecule has 0 radical (unpaired) electrons. The minimum atomic E-state index is -0.000774. The third-order valence-corrected chi connectivity index (χ3v) is 10.2. The van der Waals surface area contributed by atoms with Gasteiger partial charge in [-0.25, -0.2) is 0 Å². The fourth-order valence-electron chi connectivity index (χ4n) is 7.45. The summed E-state index contributed by atoms with van der Waals surface area (Å²) in [4.78, 5) is 13.5. The maximum Gasteiger partial charge on any atom is 0.242 e. The van der Waals surface area contributed by atoms with Crippen LogP contribution in [-0.2, 0) is 0 Å². The molecule has 0 saturated carbocycles. The summed E-state index contributed by atoms with van der Waals surface area (Å²) in [6, 6.07) is 20.0. The highest BCUT2D eigenvalue weighted by molar-refractivity contribution is 6.96. The van der Waals surface area contributed by atoms with Gasteiger partial charge in [0.15, 0.2) is 0 Å². The highest BCUT2D eigenvalue weighted by atomic mass is 14.6. The summed E-state index contributed by atoms with van der Waals surface area (Å²) < 4.78 is 0. The molecule has 3 aromatic carbocycles. The number of pyridine rings is 3. The second kappa shape index (κ2) is 12.5. The second-order valence-corrected chi connectivity index (χ2v) is 12.9. The Morgan fingerprint density at radius 3 is 0.913 bits per heavy atom. The van der Waals surface area contributed by atoms with Gasteiger partial charge in [-0.05, 0) is 147 Å². The summed E-state index contributed by atoms with van der Waals surface area (Å²) in [5.41, 5.74) is 22.9. The number of aryl methyl sites for hydroxylation is 3. The Hall–Kier alpha value is -4.83. The van der Waals surface area contributed by atoms with Crippen LogP contribution in [-0.4, -0.2) is 21.7 Å². The minimum Gasteiger partial charge on any atom is -0.264 e. The zero-order valence-electron chi connectivity index (χ0n) is 28.6. The largest absolute Gasteiger partial charge is 0.264 e. The highest BCUT2D eigenvalue weighted by Crippen LogP contribution is 2.32. The Balaban J connectivity index is 1.75. The molecule has 0 aliphatic rings. The van der Waals surface area contributed by atoms with Gasteiger partial charge >= 0.3 is 0 Å². The minimum absolute atomic E-state index is 0.000774. The zero-order chi connectivity index (χ0) is 32.7. The Labute approximate surface area is 274 Å². The average molecular weight is 600 g/mol. The van der Waals surface area contributed by atoms with Gasteiger partial charge in [0.25, 0.3) is 0 Å². The van der Waals surface area contributed by atoms with Gasteiger partial charge in [-0.2, -0.15) is 0 Å². The predicted molar refractivity (Wildman–Crippen MR) is 196 cm³/mol. The lowest BCUT2D eigenvalue weighted by molar-refractivity contribution is 1.27. The zero-order valence-corrected chi connectivity index (χ0v) is 28.6. The lowest BCUT2D eigenvalue weighted by Crippen LogP contribution is -2.55. The summed E-state index contributed by atoms with van der Waals surface area (Å²) in [7, 11) is 0. The van der Waals surface area contributed by atoms with Gasteiger partial charge in [-0.3, -0.25) is 15.0 Å². The summed E-state index contributed by atoms with van der Waals surface area (Å²) in [6.45, 7) is 20.4. The van der Waals surface area contributed by atoms with E-state index in [1.807, 2.05) is 55.4 Å². The first kappa shape index (κ1) is 31.2. The molecule has 6 rings (SSSR count). The Bertz CT molecular complexity index is 1830. The van der Waals surface area contributed by atoms with E-state index in [-0.39, 0.29) is 6.71 Å². The van der Waals surface area contributed by atoms with E-state index in [9.17, 15) is 0 Å². The topological polar surface area (TPSA) is 38.7 Å². The molecular formula is C42H42BN3. The van der Waals surface area contributed by atoms with Crippen LogP contribution in [0.3, 0.4) is 0 Å². The molecule has 0 bridgehead atoms. The Kier molecular flexibility index (Phi) is 8.48. The smallest absolute Gasteiger partial charge is 0.242 e. The van der Waals surface area contributed by atoms with Crippen molar-refractivity contribution >= 4 is 23.1 Å². The van der Waals surface area contributed by atoms with E-state index >= 15 is 0 Å². The van der Waals surface area contributed by atoms with Crippen LogP contribution in [0.4, 0.5) is 0 Å².